The minimum atomic E-state index is -3.47. The smallest absolute Gasteiger partial charge is 0.243 e. The van der Waals surface area contributed by atoms with Crippen molar-refractivity contribution in [1.82, 2.24) is 14.2 Å². The van der Waals surface area contributed by atoms with Gasteiger partial charge in [-0.25, -0.2) is 8.42 Å². The number of nitrogens with one attached hydrogen (secondary N) is 1. The number of amides is 1. The number of sulfonamides is 1. The van der Waals surface area contributed by atoms with Crippen LogP contribution < -0.4 is 5.32 Å². The van der Waals surface area contributed by atoms with E-state index in [4.69, 9.17) is 4.42 Å². The van der Waals surface area contributed by atoms with Crippen LogP contribution in [0.4, 0.5) is 0 Å². The molecule has 28 heavy (non-hydrogen) atoms. The topological polar surface area (TPSA) is 84.5 Å². The van der Waals surface area contributed by atoms with E-state index in [0.717, 1.165) is 30.2 Å². The van der Waals surface area contributed by atoms with Crippen molar-refractivity contribution in [3.8, 4) is 0 Å². The molecule has 0 radical (unpaired) electrons. The Balaban J connectivity index is 1.49. The van der Waals surface area contributed by atoms with Crippen molar-refractivity contribution in [2.45, 2.75) is 37.2 Å². The first-order valence-corrected chi connectivity index (χ1v) is 10.9. The van der Waals surface area contributed by atoms with E-state index in [-0.39, 0.29) is 12.5 Å². The molecule has 0 atom stereocenters. The lowest BCUT2D eigenvalue weighted by atomic mass is 10.2. The van der Waals surface area contributed by atoms with Gasteiger partial charge in [0.05, 0.1) is 17.7 Å². The number of aromatic nitrogens is 1. The summed E-state index contributed by atoms with van der Waals surface area (Å²) in [7, 11) is -3.47. The third kappa shape index (κ3) is 3.83. The molecule has 0 aliphatic carbocycles. The first-order chi connectivity index (χ1) is 13.5. The Kier molecular flexibility index (Phi) is 5.23. The van der Waals surface area contributed by atoms with Crippen LogP contribution in [0.3, 0.4) is 0 Å². The average Bonchev–Trinajstić information content (AvgIpc) is 3.37. The summed E-state index contributed by atoms with van der Waals surface area (Å²) in [4.78, 5) is 12.5. The second-order valence-corrected chi connectivity index (χ2v) is 8.92. The number of carbonyl (C=O) groups is 1. The molecule has 1 saturated heterocycles. The van der Waals surface area contributed by atoms with Gasteiger partial charge in [0.15, 0.2) is 0 Å². The van der Waals surface area contributed by atoms with Gasteiger partial charge in [-0.3, -0.25) is 4.79 Å². The van der Waals surface area contributed by atoms with Gasteiger partial charge in [0.25, 0.3) is 0 Å². The Morgan fingerprint density at radius 1 is 1.11 bits per heavy atom. The third-order valence-electron chi connectivity index (χ3n) is 5.05. The zero-order valence-electron chi connectivity index (χ0n) is 15.5. The number of benzene rings is 1. The number of rotatable bonds is 6. The summed E-state index contributed by atoms with van der Waals surface area (Å²) < 4.78 is 34.3. The summed E-state index contributed by atoms with van der Waals surface area (Å²) in [5.74, 6) is 0.553. The molecule has 8 heteroatoms. The molecule has 1 fully saturated rings. The molecule has 0 unspecified atom stereocenters. The predicted octanol–water partition coefficient (Wildman–Crippen LogP) is 2.73. The molecule has 0 saturated carbocycles. The Bertz CT molecular complexity index is 1060. The van der Waals surface area contributed by atoms with Crippen molar-refractivity contribution in [2.24, 2.45) is 0 Å². The van der Waals surface area contributed by atoms with E-state index in [2.05, 4.69) is 5.32 Å². The molecule has 4 rings (SSSR count). The second kappa shape index (κ2) is 7.81. The van der Waals surface area contributed by atoms with E-state index in [1.165, 1.54) is 0 Å². The fraction of sp³-hybridized carbons (Fsp3) is 0.350. The van der Waals surface area contributed by atoms with Gasteiger partial charge in [-0.05, 0) is 49.2 Å². The number of hydrogen-bond acceptors (Lipinski definition) is 4. The van der Waals surface area contributed by atoms with Gasteiger partial charge < -0.3 is 14.3 Å². The SMILES string of the molecule is O=C(Cn1ccc2cc(S(=O)(=O)N3CCCCC3)ccc21)NCc1ccco1. The number of fused-ring (bicyclic) bond motifs is 1. The van der Waals surface area contributed by atoms with Crippen LogP contribution in [-0.4, -0.2) is 36.3 Å². The van der Waals surface area contributed by atoms with Gasteiger partial charge in [-0.1, -0.05) is 6.42 Å². The summed E-state index contributed by atoms with van der Waals surface area (Å²) in [5, 5.41) is 3.61. The maximum absolute atomic E-state index is 12.9. The fourth-order valence-electron chi connectivity index (χ4n) is 3.54. The van der Waals surface area contributed by atoms with Crippen LogP contribution >= 0.6 is 0 Å². The molecule has 2 aromatic heterocycles. The first kappa shape index (κ1) is 18.8. The number of nitrogens with zero attached hydrogens (tertiary/aromatic N) is 2. The van der Waals surface area contributed by atoms with Gasteiger partial charge in [0.2, 0.25) is 15.9 Å². The molecule has 7 nitrogen and oxygen atoms in total. The number of piperidine rings is 1. The molecule has 0 spiro atoms. The first-order valence-electron chi connectivity index (χ1n) is 9.42. The largest absolute Gasteiger partial charge is 0.467 e. The normalized spacial score (nSPS) is 15.7. The van der Waals surface area contributed by atoms with Crippen molar-refractivity contribution >= 4 is 26.8 Å². The summed E-state index contributed by atoms with van der Waals surface area (Å²) in [5.41, 5.74) is 0.825. The van der Waals surface area contributed by atoms with Gasteiger partial charge in [0, 0.05) is 30.2 Å². The van der Waals surface area contributed by atoms with E-state index in [0.29, 0.717) is 30.3 Å². The molecular formula is C20H23N3O4S. The molecule has 1 aromatic carbocycles. The van der Waals surface area contributed by atoms with Gasteiger partial charge in [-0.2, -0.15) is 4.31 Å². The highest BCUT2D eigenvalue weighted by Crippen LogP contribution is 2.25. The van der Waals surface area contributed by atoms with Gasteiger partial charge in [0.1, 0.15) is 12.3 Å². The van der Waals surface area contributed by atoms with Crippen LogP contribution in [0.1, 0.15) is 25.0 Å². The van der Waals surface area contributed by atoms with E-state index in [1.807, 2.05) is 10.6 Å². The van der Waals surface area contributed by atoms with Crippen molar-refractivity contribution in [3.05, 3.63) is 54.6 Å². The molecule has 3 aromatic rings. The zero-order valence-corrected chi connectivity index (χ0v) is 16.3. The van der Waals surface area contributed by atoms with Crippen molar-refractivity contribution in [2.75, 3.05) is 13.1 Å². The van der Waals surface area contributed by atoms with Crippen LogP contribution in [0, 0.1) is 0 Å². The second-order valence-electron chi connectivity index (χ2n) is 6.99. The summed E-state index contributed by atoms with van der Waals surface area (Å²) in [6.07, 6.45) is 6.26. The lowest BCUT2D eigenvalue weighted by molar-refractivity contribution is -0.121. The van der Waals surface area contributed by atoms with Crippen molar-refractivity contribution < 1.29 is 17.6 Å². The van der Waals surface area contributed by atoms with Gasteiger partial charge in [-0.15, -0.1) is 0 Å². The van der Waals surface area contributed by atoms with E-state index < -0.39 is 10.0 Å². The minimum absolute atomic E-state index is 0.140. The monoisotopic (exact) mass is 401 g/mol. The highest BCUT2D eigenvalue weighted by molar-refractivity contribution is 7.89. The summed E-state index contributed by atoms with van der Waals surface area (Å²) in [6.45, 7) is 1.65. The minimum Gasteiger partial charge on any atom is -0.467 e. The van der Waals surface area contributed by atoms with Gasteiger partial charge >= 0.3 is 0 Å². The van der Waals surface area contributed by atoms with Crippen LogP contribution in [0.25, 0.3) is 10.9 Å². The number of carbonyl (C=O) groups excluding carboxylic acids is 1. The Morgan fingerprint density at radius 2 is 1.93 bits per heavy atom. The van der Waals surface area contributed by atoms with Crippen LogP contribution in [-0.2, 0) is 27.9 Å². The third-order valence-corrected chi connectivity index (χ3v) is 6.94. The standard InChI is InChI=1S/C20H23N3O4S/c24-20(21-14-17-5-4-12-27-17)15-22-11-8-16-13-18(6-7-19(16)22)28(25,26)23-9-2-1-3-10-23/h4-8,11-13H,1-3,9-10,14-15H2,(H,21,24). The summed E-state index contributed by atoms with van der Waals surface area (Å²) in [6, 6.07) is 10.5. The quantitative estimate of drug-likeness (QED) is 0.688. The molecule has 0 bridgehead atoms. The van der Waals surface area contributed by atoms with E-state index in [9.17, 15) is 13.2 Å². The van der Waals surface area contributed by atoms with Crippen molar-refractivity contribution in [3.63, 3.8) is 0 Å². The molecule has 1 aliphatic heterocycles. The van der Waals surface area contributed by atoms with E-state index >= 15 is 0 Å². The molecule has 1 amide bonds. The van der Waals surface area contributed by atoms with E-state index in [1.54, 1.807) is 47.1 Å². The molecular weight excluding hydrogens is 378 g/mol. The highest BCUT2D eigenvalue weighted by atomic mass is 32.2. The number of hydrogen-bond donors (Lipinski definition) is 1. The molecule has 1 aliphatic rings. The van der Waals surface area contributed by atoms with Crippen LogP contribution in [0.5, 0.6) is 0 Å². The fourth-order valence-corrected chi connectivity index (χ4v) is 5.09. The van der Waals surface area contributed by atoms with Crippen LogP contribution in [0.15, 0.2) is 58.2 Å². The van der Waals surface area contributed by atoms with Crippen molar-refractivity contribution in [1.29, 1.82) is 0 Å². The lowest BCUT2D eigenvalue weighted by Gasteiger charge is -2.25. The maximum atomic E-state index is 12.9. The Hall–Kier alpha value is -2.58. The lowest BCUT2D eigenvalue weighted by Crippen LogP contribution is -2.35. The number of furan rings is 1. The predicted molar refractivity (Wildman–Crippen MR) is 105 cm³/mol. The molecule has 148 valence electrons. The Labute approximate surface area is 164 Å². The maximum Gasteiger partial charge on any atom is 0.243 e. The summed E-state index contributed by atoms with van der Waals surface area (Å²) >= 11 is 0. The van der Waals surface area contributed by atoms with Crippen LogP contribution in [0.2, 0.25) is 0 Å². The molecule has 1 N–H and O–H groups in total. The molecule has 3 heterocycles. The average molecular weight is 401 g/mol. The Morgan fingerprint density at radius 3 is 2.68 bits per heavy atom. The zero-order chi connectivity index (χ0) is 19.6. The highest BCUT2D eigenvalue weighted by Gasteiger charge is 2.26.